The average molecular weight is 288 g/mol. The van der Waals surface area contributed by atoms with Crippen molar-refractivity contribution in [2.75, 3.05) is 0 Å². The maximum absolute atomic E-state index is 11.0. The molecule has 0 radical (unpaired) electrons. The van der Waals surface area contributed by atoms with Gasteiger partial charge in [-0.3, -0.25) is 0 Å². The van der Waals surface area contributed by atoms with Crippen molar-refractivity contribution in [3.63, 3.8) is 0 Å². The number of aromatic carboxylic acids is 1. The Morgan fingerprint density at radius 2 is 2.20 bits per heavy atom. The van der Waals surface area contributed by atoms with Gasteiger partial charge >= 0.3 is 5.97 Å². The molecule has 0 aliphatic rings. The summed E-state index contributed by atoms with van der Waals surface area (Å²) in [7, 11) is 1.73. The number of rotatable bonds is 3. The van der Waals surface area contributed by atoms with Gasteiger partial charge in [0.2, 0.25) is 5.16 Å². The van der Waals surface area contributed by atoms with Gasteiger partial charge in [-0.1, -0.05) is 0 Å². The van der Waals surface area contributed by atoms with Gasteiger partial charge in [0, 0.05) is 12.4 Å². The van der Waals surface area contributed by atoms with Gasteiger partial charge in [0.1, 0.15) is 11.4 Å². The number of aromatic nitrogens is 6. The van der Waals surface area contributed by atoms with E-state index in [9.17, 15) is 4.79 Å². The fraction of sp³-hybridized carbons (Fsp3) is 0.0909. The van der Waals surface area contributed by atoms with Crippen molar-refractivity contribution in [2.24, 2.45) is 7.05 Å². The van der Waals surface area contributed by atoms with Gasteiger partial charge in [0.05, 0.1) is 11.1 Å². The lowest BCUT2D eigenvalue weighted by Gasteiger charge is -2.04. The second-order valence-electron chi connectivity index (χ2n) is 3.90. The molecule has 1 aromatic carbocycles. The molecule has 1 N–H and O–H groups in total. The summed E-state index contributed by atoms with van der Waals surface area (Å²) in [5.41, 5.74) is 0.755. The van der Waals surface area contributed by atoms with Crippen molar-refractivity contribution >= 4 is 28.6 Å². The van der Waals surface area contributed by atoms with Crippen LogP contribution in [0, 0.1) is 0 Å². The molecule has 0 aliphatic heterocycles. The zero-order valence-electron chi connectivity index (χ0n) is 10.3. The molecule has 2 heterocycles. The van der Waals surface area contributed by atoms with Crippen LogP contribution in [0.5, 0.6) is 0 Å². The normalized spacial score (nSPS) is 10.8. The number of nitrogens with zero attached hydrogens (tertiary/aromatic N) is 6. The van der Waals surface area contributed by atoms with Crippen LogP contribution in [0.2, 0.25) is 0 Å². The molecule has 3 rings (SSSR count). The zero-order valence-corrected chi connectivity index (χ0v) is 11.1. The Bertz CT molecular complexity index is 802. The lowest BCUT2D eigenvalue weighted by Crippen LogP contribution is -1.97. The summed E-state index contributed by atoms with van der Waals surface area (Å²) < 4.78 is 1.53. The summed E-state index contributed by atoms with van der Waals surface area (Å²) >= 11 is 1.29. The first-order valence-corrected chi connectivity index (χ1v) is 6.35. The van der Waals surface area contributed by atoms with E-state index >= 15 is 0 Å². The highest BCUT2D eigenvalue weighted by Gasteiger charge is 2.12. The van der Waals surface area contributed by atoms with Crippen LogP contribution >= 0.6 is 11.8 Å². The predicted octanol–water partition coefficient (Wildman–Crippen LogP) is 1.00. The van der Waals surface area contributed by atoms with E-state index in [0.717, 1.165) is 5.39 Å². The molecule has 8 nitrogen and oxygen atoms in total. The fourth-order valence-electron chi connectivity index (χ4n) is 1.64. The molecule has 0 bridgehead atoms. The lowest BCUT2D eigenvalue weighted by molar-refractivity contribution is 0.0697. The van der Waals surface area contributed by atoms with Crippen LogP contribution in [0.25, 0.3) is 10.9 Å². The third kappa shape index (κ3) is 2.18. The van der Waals surface area contributed by atoms with Gasteiger partial charge in [0.15, 0.2) is 0 Å². The second kappa shape index (κ2) is 4.85. The van der Waals surface area contributed by atoms with Gasteiger partial charge in [-0.05, 0) is 40.4 Å². The van der Waals surface area contributed by atoms with Crippen LogP contribution in [-0.2, 0) is 7.05 Å². The standard InChI is InChI=1S/C11H8N6O2S/c1-17-11(14-15-16-17)20-9-7-3-2-6(10(18)19)4-8(7)12-5-13-9/h2-5H,1H3,(H,18,19). The first-order valence-electron chi connectivity index (χ1n) is 5.53. The molecule has 9 heteroatoms. The van der Waals surface area contributed by atoms with Crippen molar-refractivity contribution < 1.29 is 9.90 Å². The zero-order chi connectivity index (χ0) is 14.1. The Hall–Kier alpha value is -2.55. The molecule has 2 aromatic heterocycles. The van der Waals surface area contributed by atoms with E-state index in [0.29, 0.717) is 15.7 Å². The van der Waals surface area contributed by atoms with Crippen LogP contribution < -0.4 is 0 Å². The molecular formula is C11H8N6O2S. The second-order valence-corrected chi connectivity index (χ2v) is 4.86. The summed E-state index contributed by atoms with van der Waals surface area (Å²) in [6, 6.07) is 4.72. The minimum atomic E-state index is -0.989. The van der Waals surface area contributed by atoms with E-state index in [4.69, 9.17) is 5.11 Å². The molecule has 3 aromatic rings. The van der Waals surface area contributed by atoms with Crippen molar-refractivity contribution in [1.29, 1.82) is 0 Å². The molecule has 100 valence electrons. The fourth-order valence-corrected chi connectivity index (χ4v) is 2.44. The van der Waals surface area contributed by atoms with Gasteiger partial charge in [0.25, 0.3) is 0 Å². The number of carbonyl (C=O) groups is 1. The summed E-state index contributed by atoms with van der Waals surface area (Å²) in [6.07, 6.45) is 1.39. The van der Waals surface area contributed by atoms with E-state index in [2.05, 4.69) is 25.5 Å². The largest absolute Gasteiger partial charge is 0.478 e. The smallest absolute Gasteiger partial charge is 0.335 e. The van der Waals surface area contributed by atoms with Crippen LogP contribution in [0.3, 0.4) is 0 Å². The monoisotopic (exact) mass is 288 g/mol. The third-order valence-corrected chi connectivity index (χ3v) is 3.66. The maximum Gasteiger partial charge on any atom is 0.335 e. The SMILES string of the molecule is Cn1nnnc1Sc1ncnc2cc(C(=O)O)ccc12. The Labute approximate surface area is 116 Å². The third-order valence-electron chi connectivity index (χ3n) is 2.62. The first kappa shape index (κ1) is 12.5. The van der Waals surface area contributed by atoms with Crippen molar-refractivity contribution in [3.05, 3.63) is 30.1 Å². The minimum Gasteiger partial charge on any atom is -0.478 e. The molecule has 20 heavy (non-hydrogen) atoms. The number of carboxylic acids is 1. The van der Waals surface area contributed by atoms with Crippen LogP contribution in [-0.4, -0.2) is 41.3 Å². The Balaban J connectivity index is 2.08. The highest BCUT2D eigenvalue weighted by molar-refractivity contribution is 7.99. The molecule has 0 fully saturated rings. The van der Waals surface area contributed by atoms with Gasteiger partial charge in [-0.2, -0.15) is 0 Å². The van der Waals surface area contributed by atoms with E-state index in [1.807, 2.05) is 0 Å². The Morgan fingerprint density at radius 1 is 1.35 bits per heavy atom. The maximum atomic E-state index is 11.0. The number of fused-ring (bicyclic) bond motifs is 1. The summed E-state index contributed by atoms with van der Waals surface area (Å²) in [5, 5.41) is 22.2. The van der Waals surface area contributed by atoms with Crippen LogP contribution in [0.15, 0.2) is 34.7 Å². The summed E-state index contributed by atoms with van der Waals surface area (Å²) in [5.74, 6) is -0.989. The highest BCUT2D eigenvalue weighted by Crippen LogP contribution is 2.29. The summed E-state index contributed by atoms with van der Waals surface area (Å²) in [6.45, 7) is 0. The van der Waals surface area contributed by atoms with Crippen LogP contribution in [0.1, 0.15) is 10.4 Å². The number of hydrogen-bond acceptors (Lipinski definition) is 7. The number of tetrazole rings is 1. The predicted molar refractivity (Wildman–Crippen MR) is 69.4 cm³/mol. The highest BCUT2D eigenvalue weighted by atomic mass is 32.2. The molecule has 0 unspecified atom stereocenters. The van der Waals surface area contributed by atoms with Crippen molar-refractivity contribution in [3.8, 4) is 0 Å². The molecule has 0 amide bonds. The molecular weight excluding hydrogens is 280 g/mol. The number of hydrogen-bond donors (Lipinski definition) is 1. The molecule has 0 saturated carbocycles. The van der Waals surface area contributed by atoms with E-state index in [1.165, 1.54) is 34.9 Å². The van der Waals surface area contributed by atoms with Crippen LogP contribution in [0.4, 0.5) is 0 Å². The molecule has 0 spiro atoms. The van der Waals surface area contributed by atoms with Crippen molar-refractivity contribution in [2.45, 2.75) is 10.2 Å². The first-order chi connectivity index (χ1) is 9.65. The van der Waals surface area contributed by atoms with E-state index < -0.39 is 5.97 Å². The lowest BCUT2D eigenvalue weighted by atomic mass is 10.1. The number of aryl methyl sites for hydroxylation is 1. The quantitative estimate of drug-likeness (QED) is 0.711. The molecule has 0 aliphatic carbocycles. The van der Waals surface area contributed by atoms with E-state index in [1.54, 1.807) is 13.1 Å². The molecule has 0 saturated heterocycles. The number of carboxylic acid groups (broad SMARTS) is 1. The van der Waals surface area contributed by atoms with Gasteiger partial charge < -0.3 is 5.11 Å². The average Bonchev–Trinajstić information content (AvgIpc) is 2.84. The number of benzene rings is 1. The summed E-state index contributed by atoms with van der Waals surface area (Å²) in [4.78, 5) is 19.2. The van der Waals surface area contributed by atoms with Gasteiger partial charge in [-0.15, -0.1) is 5.10 Å². The van der Waals surface area contributed by atoms with Crippen molar-refractivity contribution in [1.82, 2.24) is 30.2 Å². The van der Waals surface area contributed by atoms with E-state index in [-0.39, 0.29) is 5.56 Å². The minimum absolute atomic E-state index is 0.187. The Kier molecular flexibility index (Phi) is 3.03. The topological polar surface area (TPSA) is 107 Å². The molecule has 0 atom stereocenters. The Morgan fingerprint density at radius 3 is 2.90 bits per heavy atom. The van der Waals surface area contributed by atoms with Gasteiger partial charge in [-0.25, -0.2) is 19.4 Å².